The number of fused-ring (bicyclic) bond motifs is 1. The highest BCUT2D eigenvalue weighted by Gasteiger charge is 2.22. The molecule has 110 valence electrons. The normalized spacial score (nSPS) is 13.9. The summed E-state index contributed by atoms with van der Waals surface area (Å²) in [6.45, 7) is 11.0. The molecule has 0 saturated carbocycles. The Hall–Kier alpha value is -1.28. The number of furan rings is 1. The maximum absolute atomic E-state index is 6.21. The first-order valence-corrected chi connectivity index (χ1v) is 7.69. The molecule has 1 unspecified atom stereocenters. The minimum absolute atomic E-state index is 0.00490. The Morgan fingerprint density at radius 2 is 1.85 bits per heavy atom. The fraction of sp³-hybridized carbons (Fsp3) is 0.556. The molecule has 0 saturated heterocycles. The van der Waals surface area contributed by atoms with E-state index in [1.165, 1.54) is 16.5 Å². The van der Waals surface area contributed by atoms with Crippen molar-refractivity contribution in [3.05, 3.63) is 35.1 Å². The number of hydrogen-bond donors (Lipinski definition) is 1. The van der Waals surface area contributed by atoms with E-state index in [0.29, 0.717) is 0 Å². The van der Waals surface area contributed by atoms with E-state index in [-0.39, 0.29) is 11.5 Å². The highest BCUT2D eigenvalue weighted by Crippen LogP contribution is 2.35. The zero-order chi connectivity index (χ0) is 14.9. The minimum atomic E-state index is 0.00490. The van der Waals surface area contributed by atoms with Crippen LogP contribution >= 0.6 is 0 Å². The molecule has 0 aliphatic carbocycles. The lowest BCUT2D eigenvalue weighted by molar-refractivity contribution is 0.467. The maximum Gasteiger partial charge on any atom is 0.138 e. The third-order valence-electron chi connectivity index (χ3n) is 3.88. The average Bonchev–Trinajstić information content (AvgIpc) is 2.80. The smallest absolute Gasteiger partial charge is 0.138 e. The van der Waals surface area contributed by atoms with Gasteiger partial charge < -0.3 is 10.2 Å². The van der Waals surface area contributed by atoms with E-state index in [2.05, 4.69) is 52.8 Å². The largest absolute Gasteiger partial charge is 0.459 e. The number of nitrogens with two attached hydrogens (primary N) is 1. The van der Waals surface area contributed by atoms with Crippen LogP contribution in [-0.2, 0) is 11.8 Å². The van der Waals surface area contributed by atoms with E-state index < -0.39 is 0 Å². The van der Waals surface area contributed by atoms with Gasteiger partial charge in [0.15, 0.2) is 0 Å². The topological polar surface area (TPSA) is 39.2 Å². The lowest BCUT2D eigenvalue weighted by Gasteiger charge is -2.20. The molecule has 0 amide bonds. The molecule has 0 spiro atoms. The zero-order valence-corrected chi connectivity index (χ0v) is 13.4. The summed E-state index contributed by atoms with van der Waals surface area (Å²) in [6, 6.07) is 6.65. The second kappa shape index (κ2) is 5.61. The first-order chi connectivity index (χ1) is 9.36. The molecule has 1 aromatic heterocycles. The molecule has 0 aliphatic rings. The van der Waals surface area contributed by atoms with Crippen molar-refractivity contribution in [1.82, 2.24) is 0 Å². The number of rotatable bonds is 4. The Kier molecular flexibility index (Phi) is 4.24. The van der Waals surface area contributed by atoms with Crippen LogP contribution in [0.4, 0.5) is 0 Å². The van der Waals surface area contributed by atoms with Crippen LogP contribution in [0.2, 0.25) is 0 Å². The van der Waals surface area contributed by atoms with Gasteiger partial charge in [-0.3, -0.25) is 0 Å². The van der Waals surface area contributed by atoms with Gasteiger partial charge in [-0.25, -0.2) is 0 Å². The van der Waals surface area contributed by atoms with Gasteiger partial charge in [0.05, 0.1) is 6.04 Å². The van der Waals surface area contributed by atoms with E-state index in [0.717, 1.165) is 30.6 Å². The second-order valence-corrected chi connectivity index (χ2v) is 6.71. The van der Waals surface area contributed by atoms with Crippen molar-refractivity contribution in [3.63, 3.8) is 0 Å². The van der Waals surface area contributed by atoms with Crippen molar-refractivity contribution < 1.29 is 4.42 Å². The molecule has 1 heterocycles. The molecule has 0 bridgehead atoms. The van der Waals surface area contributed by atoms with Crippen molar-refractivity contribution in [2.75, 3.05) is 0 Å². The standard InChI is InChI=1S/C18H27NO/c1-6-8-15(19)16-11-13-9-12(7-2)10-14(17(13)20-16)18(3,4)5/h9-11,15H,6-8,19H2,1-5H3. The molecule has 2 N–H and O–H groups in total. The first kappa shape index (κ1) is 15.1. The average molecular weight is 273 g/mol. The Morgan fingerprint density at radius 1 is 1.15 bits per heavy atom. The summed E-state index contributed by atoms with van der Waals surface area (Å²) in [5.74, 6) is 0.917. The van der Waals surface area contributed by atoms with E-state index in [1.54, 1.807) is 0 Å². The van der Waals surface area contributed by atoms with Crippen LogP contribution in [0.25, 0.3) is 11.0 Å². The van der Waals surface area contributed by atoms with Crippen LogP contribution in [0.3, 0.4) is 0 Å². The molecule has 2 nitrogen and oxygen atoms in total. The van der Waals surface area contributed by atoms with Crippen molar-refractivity contribution in [1.29, 1.82) is 0 Å². The van der Waals surface area contributed by atoms with Crippen LogP contribution in [0, 0.1) is 0 Å². The van der Waals surface area contributed by atoms with Gasteiger partial charge in [0.25, 0.3) is 0 Å². The highest BCUT2D eigenvalue weighted by molar-refractivity contribution is 5.83. The van der Waals surface area contributed by atoms with Crippen LogP contribution in [0.5, 0.6) is 0 Å². The van der Waals surface area contributed by atoms with Gasteiger partial charge >= 0.3 is 0 Å². The van der Waals surface area contributed by atoms with Crippen LogP contribution < -0.4 is 5.73 Å². The van der Waals surface area contributed by atoms with Gasteiger partial charge in [-0.15, -0.1) is 0 Å². The zero-order valence-electron chi connectivity index (χ0n) is 13.4. The predicted molar refractivity (Wildman–Crippen MR) is 86.1 cm³/mol. The van der Waals surface area contributed by atoms with E-state index in [1.807, 2.05) is 0 Å². The lowest BCUT2D eigenvalue weighted by Crippen LogP contribution is -2.12. The highest BCUT2D eigenvalue weighted by atomic mass is 16.3. The van der Waals surface area contributed by atoms with E-state index >= 15 is 0 Å². The quantitative estimate of drug-likeness (QED) is 0.842. The van der Waals surface area contributed by atoms with Crippen molar-refractivity contribution >= 4 is 11.0 Å². The van der Waals surface area contributed by atoms with Gasteiger partial charge in [0, 0.05) is 10.9 Å². The first-order valence-electron chi connectivity index (χ1n) is 7.69. The van der Waals surface area contributed by atoms with Gasteiger partial charge in [-0.05, 0) is 36.0 Å². The third kappa shape index (κ3) is 2.90. The molecule has 0 aliphatic heterocycles. The lowest BCUT2D eigenvalue weighted by atomic mass is 9.85. The van der Waals surface area contributed by atoms with Crippen LogP contribution in [-0.4, -0.2) is 0 Å². The summed E-state index contributed by atoms with van der Waals surface area (Å²) >= 11 is 0. The fourth-order valence-corrected chi connectivity index (χ4v) is 2.63. The Bertz CT molecular complexity index is 589. The number of aryl methyl sites for hydroxylation is 1. The van der Waals surface area contributed by atoms with Gasteiger partial charge in [-0.2, -0.15) is 0 Å². The summed E-state index contributed by atoms with van der Waals surface area (Å²) in [4.78, 5) is 0. The van der Waals surface area contributed by atoms with Crippen LogP contribution in [0.1, 0.15) is 70.4 Å². The van der Waals surface area contributed by atoms with E-state index in [9.17, 15) is 0 Å². The van der Waals surface area contributed by atoms with Crippen LogP contribution in [0.15, 0.2) is 22.6 Å². The summed E-state index contributed by atoms with van der Waals surface area (Å²) in [6.07, 6.45) is 3.08. The SMILES string of the molecule is CCCC(N)c1cc2cc(CC)cc(C(C)(C)C)c2o1. The summed E-state index contributed by atoms with van der Waals surface area (Å²) in [7, 11) is 0. The number of benzene rings is 1. The summed E-state index contributed by atoms with van der Waals surface area (Å²) < 4.78 is 6.11. The maximum atomic E-state index is 6.21. The second-order valence-electron chi connectivity index (χ2n) is 6.71. The Morgan fingerprint density at radius 3 is 2.40 bits per heavy atom. The molecular weight excluding hydrogens is 246 g/mol. The van der Waals surface area contributed by atoms with Gasteiger partial charge in [0.2, 0.25) is 0 Å². The molecule has 1 atom stereocenters. The predicted octanol–water partition coefficient (Wildman–Crippen LogP) is 5.09. The molecule has 0 fully saturated rings. The molecule has 20 heavy (non-hydrogen) atoms. The minimum Gasteiger partial charge on any atom is -0.459 e. The van der Waals surface area contributed by atoms with Gasteiger partial charge in [-0.1, -0.05) is 47.1 Å². The molecule has 2 heteroatoms. The summed E-state index contributed by atoms with van der Waals surface area (Å²) in [5.41, 5.74) is 9.93. The Labute approximate surface area is 122 Å². The number of hydrogen-bond acceptors (Lipinski definition) is 2. The van der Waals surface area contributed by atoms with Crippen molar-refractivity contribution in [2.24, 2.45) is 5.73 Å². The molecule has 2 aromatic rings. The van der Waals surface area contributed by atoms with Gasteiger partial charge in [0.1, 0.15) is 11.3 Å². The van der Waals surface area contributed by atoms with E-state index in [4.69, 9.17) is 10.2 Å². The molecule has 2 rings (SSSR count). The molecular formula is C18H27NO. The summed E-state index contributed by atoms with van der Waals surface area (Å²) in [5, 5.41) is 1.19. The van der Waals surface area contributed by atoms with Crippen molar-refractivity contribution in [3.8, 4) is 0 Å². The third-order valence-corrected chi connectivity index (χ3v) is 3.88. The molecule has 0 radical (unpaired) electrons. The molecule has 1 aromatic carbocycles. The fourth-order valence-electron chi connectivity index (χ4n) is 2.63. The monoisotopic (exact) mass is 273 g/mol. The van der Waals surface area contributed by atoms with Crippen molar-refractivity contribution in [2.45, 2.75) is 65.3 Å². The Balaban J connectivity index is 2.60.